The SMILES string of the molecule is c1ccc(CN2CCN(c3ccc(N4CCCCC4)nn3)CC2)nc1. The van der Waals surface area contributed by atoms with Crippen molar-refractivity contribution in [3.8, 4) is 0 Å². The number of piperidine rings is 1. The molecule has 0 amide bonds. The molecule has 0 aliphatic carbocycles. The van der Waals surface area contributed by atoms with Crippen LogP contribution < -0.4 is 9.80 Å². The number of aromatic nitrogens is 3. The monoisotopic (exact) mass is 338 g/mol. The maximum atomic E-state index is 4.49. The number of nitrogens with zero attached hydrogens (tertiary/aromatic N) is 6. The molecule has 4 heterocycles. The Balaban J connectivity index is 1.31. The molecule has 2 aliphatic heterocycles. The van der Waals surface area contributed by atoms with Crippen molar-refractivity contribution < 1.29 is 0 Å². The van der Waals surface area contributed by atoms with Gasteiger partial charge in [0.2, 0.25) is 0 Å². The highest BCUT2D eigenvalue weighted by molar-refractivity contribution is 5.45. The molecule has 2 aromatic heterocycles. The van der Waals surface area contributed by atoms with Crippen molar-refractivity contribution >= 4 is 11.6 Å². The molecule has 2 aromatic rings. The summed E-state index contributed by atoms with van der Waals surface area (Å²) in [7, 11) is 0. The van der Waals surface area contributed by atoms with Crippen LogP contribution in [0.1, 0.15) is 25.0 Å². The van der Waals surface area contributed by atoms with E-state index in [9.17, 15) is 0 Å². The van der Waals surface area contributed by atoms with Crippen LogP contribution in [0.15, 0.2) is 36.5 Å². The number of hydrogen-bond donors (Lipinski definition) is 0. The van der Waals surface area contributed by atoms with Gasteiger partial charge in [-0.3, -0.25) is 9.88 Å². The molecule has 6 heteroatoms. The van der Waals surface area contributed by atoms with Crippen LogP contribution in [0.25, 0.3) is 0 Å². The van der Waals surface area contributed by atoms with E-state index in [1.165, 1.54) is 19.3 Å². The first-order chi connectivity index (χ1) is 12.4. The molecule has 2 fully saturated rings. The third-order valence-electron chi connectivity index (χ3n) is 5.12. The highest BCUT2D eigenvalue weighted by Gasteiger charge is 2.19. The summed E-state index contributed by atoms with van der Waals surface area (Å²) in [5, 5.41) is 8.96. The van der Waals surface area contributed by atoms with Crippen molar-refractivity contribution in [2.45, 2.75) is 25.8 Å². The standard InChI is InChI=1S/C19H26N6/c1-4-10-24(11-5-1)18-7-8-19(22-21-18)25-14-12-23(13-15-25)16-17-6-2-3-9-20-17/h2-3,6-9H,1,4-5,10-16H2. The van der Waals surface area contributed by atoms with Gasteiger partial charge in [-0.25, -0.2) is 0 Å². The van der Waals surface area contributed by atoms with Gasteiger partial charge in [0, 0.05) is 52.0 Å². The smallest absolute Gasteiger partial charge is 0.151 e. The molecule has 4 rings (SSSR count). The van der Waals surface area contributed by atoms with Gasteiger partial charge in [0.15, 0.2) is 11.6 Å². The Morgan fingerprint density at radius 1 is 0.720 bits per heavy atom. The fraction of sp³-hybridized carbons (Fsp3) is 0.526. The van der Waals surface area contributed by atoms with Gasteiger partial charge in [0.05, 0.1) is 5.69 Å². The van der Waals surface area contributed by atoms with Crippen LogP contribution in [0, 0.1) is 0 Å². The minimum Gasteiger partial charge on any atom is -0.355 e. The number of piperazine rings is 1. The summed E-state index contributed by atoms with van der Waals surface area (Å²) in [5.74, 6) is 2.02. The second-order valence-corrected chi connectivity index (χ2v) is 6.88. The average Bonchev–Trinajstić information content (AvgIpc) is 2.70. The summed E-state index contributed by atoms with van der Waals surface area (Å²) < 4.78 is 0. The van der Waals surface area contributed by atoms with Gasteiger partial charge in [-0.2, -0.15) is 0 Å². The maximum absolute atomic E-state index is 4.49. The first-order valence-electron chi connectivity index (χ1n) is 9.34. The van der Waals surface area contributed by atoms with Crippen LogP contribution >= 0.6 is 0 Å². The van der Waals surface area contributed by atoms with E-state index >= 15 is 0 Å². The summed E-state index contributed by atoms with van der Waals surface area (Å²) in [5.41, 5.74) is 1.14. The first kappa shape index (κ1) is 16.3. The van der Waals surface area contributed by atoms with Crippen molar-refractivity contribution in [1.29, 1.82) is 0 Å². The summed E-state index contributed by atoms with van der Waals surface area (Å²) in [6.07, 6.45) is 5.74. The summed E-state index contributed by atoms with van der Waals surface area (Å²) in [6, 6.07) is 10.4. The van der Waals surface area contributed by atoms with Gasteiger partial charge < -0.3 is 9.80 Å². The molecule has 6 nitrogen and oxygen atoms in total. The zero-order valence-electron chi connectivity index (χ0n) is 14.7. The van der Waals surface area contributed by atoms with Crippen LogP contribution in [0.4, 0.5) is 11.6 Å². The van der Waals surface area contributed by atoms with E-state index in [1.54, 1.807) is 0 Å². The molecule has 2 aliphatic rings. The Kier molecular flexibility index (Phi) is 5.06. The lowest BCUT2D eigenvalue weighted by Gasteiger charge is -2.35. The number of rotatable bonds is 4. The maximum Gasteiger partial charge on any atom is 0.151 e. The van der Waals surface area contributed by atoms with E-state index in [4.69, 9.17) is 0 Å². The molecule has 0 bridgehead atoms. The van der Waals surface area contributed by atoms with Crippen LogP contribution in [-0.2, 0) is 6.54 Å². The molecular formula is C19H26N6. The predicted octanol–water partition coefficient (Wildman–Crippen LogP) is 2.18. The second kappa shape index (κ2) is 7.78. The molecule has 0 saturated carbocycles. The third kappa shape index (κ3) is 4.07. The highest BCUT2D eigenvalue weighted by Crippen LogP contribution is 2.20. The Labute approximate surface area is 149 Å². The van der Waals surface area contributed by atoms with E-state index in [2.05, 4.69) is 54.1 Å². The summed E-state index contributed by atoms with van der Waals surface area (Å²) >= 11 is 0. The minimum absolute atomic E-state index is 0.925. The first-order valence-corrected chi connectivity index (χ1v) is 9.34. The zero-order valence-corrected chi connectivity index (χ0v) is 14.7. The van der Waals surface area contributed by atoms with Crippen LogP contribution in [0.3, 0.4) is 0 Å². The molecule has 0 atom stereocenters. The molecule has 0 aromatic carbocycles. The number of anilines is 2. The van der Waals surface area contributed by atoms with E-state index in [0.29, 0.717) is 0 Å². The highest BCUT2D eigenvalue weighted by atomic mass is 15.3. The van der Waals surface area contributed by atoms with Crippen LogP contribution in [-0.4, -0.2) is 59.3 Å². The minimum atomic E-state index is 0.925. The molecule has 0 radical (unpaired) electrons. The molecule has 2 saturated heterocycles. The van der Waals surface area contributed by atoms with Gasteiger partial charge in [-0.05, 0) is 43.5 Å². The van der Waals surface area contributed by atoms with Crippen LogP contribution in [0.2, 0.25) is 0 Å². The van der Waals surface area contributed by atoms with Gasteiger partial charge >= 0.3 is 0 Å². The van der Waals surface area contributed by atoms with Crippen molar-refractivity contribution in [1.82, 2.24) is 20.1 Å². The molecule has 0 unspecified atom stereocenters. The molecule has 132 valence electrons. The Hall–Kier alpha value is -2.21. The number of hydrogen-bond acceptors (Lipinski definition) is 6. The van der Waals surface area contributed by atoms with E-state index in [0.717, 1.165) is 63.1 Å². The summed E-state index contributed by atoms with van der Waals surface area (Å²) in [4.78, 5) is 11.6. The fourth-order valence-corrected chi connectivity index (χ4v) is 3.63. The topological polar surface area (TPSA) is 48.4 Å². The van der Waals surface area contributed by atoms with E-state index < -0.39 is 0 Å². The zero-order chi connectivity index (χ0) is 16.9. The summed E-state index contributed by atoms with van der Waals surface area (Å²) in [6.45, 7) is 7.20. The van der Waals surface area contributed by atoms with Gasteiger partial charge in [0.1, 0.15) is 0 Å². The average molecular weight is 338 g/mol. The van der Waals surface area contributed by atoms with Crippen molar-refractivity contribution in [3.63, 3.8) is 0 Å². The van der Waals surface area contributed by atoms with E-state index in [-0.39, 0.29) is 0 Å². The lowest BCUT2D eigenvalue weighted by atomic mass is 10.1. The van der Waals surface area contributed by atoms with Crippen LogP contribution in [0.5, 0.6) is 0 Å². The quantitative estimate of drug-likeness (QED) is 0.852. The fourth-order valence-electron chi connectivity index (χ4n) is 3.63. The van der Waals surface area contributed by atoms with Gasteiger partial charge in [-0.1, -0.05) is 6.07 Å². The lowest BCUT2D eigenvalue weighted by molar-refractivity contribution is 0.246. The van der Waals surface area contributed by atoms with Crippen molar-refractivity contribution in [2.24, 2.45) is 0 Å². The van der Waals surface area contributed by atoms with Gasteiger partial charge in [0.25, 0.3) is 0 Å². The Bertz CT molecular complexity index is 645. The predicted molar refractivity (Wildman–Crippen MR) is 99.8 cm³/mol. The van der Waals surface area contributed by atoms with Gasteiger partial charge in [-0.15, -0.1) is 10.2 Å². The normalized spacial score (nSPS) is 19.2. The molecule has 0 N–H and O–H groups in total. The van der Waals surface area contributed by atoms with Crippen molar-refractivity contribution in [2.75, 3.05) is 49.1 Å². The van der Waals surface area contributed by atoms with Crippen molar-refractivity contribution in [3.05, 3.63) is 42.2 Å². The second-order valence-electron chi connectivity index (χ2n) is 6.88. The Morgan fingerprint density at radius 3 is 2.00 bits per heavy atom. The molecule has 0 spiro atoms. The third-order valence-corrected chi connectivity index (χ3v) is 5.12. The van der Waals surface area contributed by atoms with E-state index in [1.807, 2.05) is 12.3 Å². The molecular weight excluding hydrogens is 312 g/mol. The number of pyridine rings is 1. The lowest BCUT2D eigenvalue weighted by Crippen LogP contribution is -2.46. The molecule has 25 heavy (non-hydrogen) atoms. The Morgan fingerprint density at radius 2 is 1.40 bits per heavy atom. The largest absolute Gasteiger partial charge is 0.355 e.